The number of anilines is 1. The van der Waals surface area contributed by atoms with Gasteiger partial charge in [-0.15, -0.1) is 35.0 Å². The van der Waals surface area contributed by atoms with Crippen molar-refractivity contribution in [1.82, 2.24) is 46.6 Å². The average Bonchev–Trinajstić information content (AvgIpc) is 1.69. The number of phenols is 1. The molecular formula is C63H90Cl2N12O17S. The van der Waals surface area contributed by atoms with Crippen molar-refractivity contribution < 1.29 is 83.5 Å². The third-order valence-electron chi connectivity index (χ3n) is 17.1. The molecule has 0 radical (unpaired) electrons. The first-order chi connectivity index (χ1) is 44.6. The fourth-order valence-electron chi connectivity index (χ4n) is 11.8. The zero-order valence-corrected chi connectivity index (χ0v) is 55.6. The number of piperidine rings is 1. The number of nitrogens with zero attached hydrogens (tertiary/aromatic N) is 5. The molecule has 0 unspecified atom stereocenters. The number of nitrogens with one attached hydrogen (secondary N) is 5. The van der Waals surface area contributed by atoms with Gasteiger partial charge >= 0.3 is 0 Å². The SMILES string of the molecule is COCCCCOC1CCN(c2ccc(-c3nnc(-c4ccc(C(=O)N[C@H]5C[C@@H](O)CNC(=O)[C@@H]6[C@@H](O)[C@@H](C)CN6C(=O)[C@H]([C@H](O)CCN)NC(=O)[C@H]([C@H](O)Cc6ccc(O)c(OCCCN)c6)NC(=O)[C@@H]6C[C@@H](O)CN6C(=O)[C@H]([C@@H](C)O)NC5=O)cc4)s3)cc2)CC1.Cl.Cl. The lowest BCUT2D eigenvalue weighted by atomic mass is 9.98. The van der Waals surface area contributed by atoms with Crippen molar-refractivity contribution in [3.63, 3.8) is 0 Å². The van der Waals surface area contributed by atoms with Crippen LogP contribution in [0.1, 0.15) is 81.1 Å². The lowest BCUT2D eigenvalue weighted by molar-refractivity contribution is -0.147. The first-order valence-electron chi connectivity index (χ1n) is 31.5. The Kier molecular flexibility index (Phi) is 29.6. The molecule has 0 aliphatic carbocycles. The van der Waals surface area contributed by atoms with Gasteiger partial charge in [0.15, 0.2) is 11.5 Å². The number of aliphatic hydroxyl groups excluding tert-OH is 6. The van der Waals surface area contributed by atoms with Gasteiger partial charge in [0.2, 0.25) is 35.4 Å². The molecule has 4 saturated heterocycles. The molecule has 16 N–H and O–H groups in total. The number of aliphatic hydroxyl groups is 6. The first kappa shape index (κ1) is 77.1. The van der Waals surface area contributed by atoms with Gasteiger partial charge in [0.25, 0.3) is 5.91 Å². The number of β-amino-alcohol motifs (C(OH)–C–C–N with tert-alkyl or cyclic N) is 1. The number of rotatable bonds is 22. The van der Waals surface area contributed by atoms with Gasteiger partial charge in [-0.2, -0.15) is 0 Å². The number of carbonyl (C=O) groups excluding carboxylic acids is 7. The number of aromatic nitrogens is 2. The number of methoxy groups -OCH3 is 1. The number of ether oxygens (including phenoxy) is 3. The summed E-state index contributed by atoms with van der Waals surface area (Å²) in [5, 5.41) is 102. The van der Waals surface area contributed by atoms with E-state index in [-0.39, 0.29) is 86.2 Å². The monoisotopic (exact) mass is 1390 g/mol. The molecule has 4 aromatic rings. The predicted octanol–water partition coefficient (Wildman–Crippen LogP) is -1.14. The second-order valence-electron chi connectivity index (χ2n) is 24.2. The number of benzene rings is 3. The third-order valence-corrected chi connectivity index (χ3v) is 18.1. The largest absolute Gasteiger partial charge is 0.504 e. The molecule has 5 heterocycles. The Morgan fingerprint density at radius 3 is 2.00 bits per heavy atom. The maximum absolute atomic E-state index is 14.7. The number of halogens is 2. The molecule has 95 heavy (non-hydrogen) atoms. The number of hydrogen-bond acceptors (Lipinski definition) is 23. The van der Waals surface area contributed by atoms with E-state index in [1.165, 1.54) is 48.6 Å². The minimum Gasteiger partial charge on any atom is -0.504 e. The summed E-state index contributed by atoms with van der Waals surface area (Å²) in [6.07, 6.45) is -7.39. The van der Waals surface area contributed by atoms with E-state index < -0.39 is 152 Å². The first-order valence-corrected chi connectivity index (χ1v) is 32.3. The fourth-order valence-corrected chi connectivity index (χ4v) is 12.7. The van der Waals surface area contributed by atoms with Crippen LogP contribution in [-0.2, 0) is 44.7 Å². The number of fused-ring (bicyclic) bond motifs is 2. The van der Waals surface area contributed by atoms with Crippen molar-refractivity contribution in [1.29, 1.82) is 0 Å². The van der Waals surface area contributed by atoms with Gasteiger partial charge in [0, 0.05) is 101 Å². The molecule has 0 bridgehead atoms. The van der Waals surface area contributed by atoms with Gasteiger partial charge in [-0.1, -0.05) is 36.5 Å². The van der Waals surface area contributed by atoms with Gasteiger partial charge in [0.05, 0.1) is 49.3 Å². The van der Waals surface area contributed by atoms with E-state index in [4.69, 9.17) is 25.7 Å². The zero-order valence-electron chi connectivity index (χ0n) is 53.2. The van der Waals surface area contributed by atoms with Crippen molar-refractivity contribution in [3.8, 4) is 32.6 Å². The van der Waals surface area contributed by atoms with Crippen molar-refractivity contribution >= 4 is 83.2 Å². The highest BCUT2D eigenvalue weighted by Crippen LogP contribution is 2.33. The number of aromatic hydroxyl groups is 1. The Bertz CT molecular complexity index is 3190. The van der Waals surface area contributed by atoms with Crippen LogP contribution in [0.5, 0.6) is 11.5 Å². The lowest BCUT2D eigenvalue weighted by Gasteiger charge is -2.34. The standard InChI is InChI=1S/C63H88N12O17S.2ClH/c1-34-32-75-53(54(34)82)59(87)66-31-41(77)29-44(67-55(83)37-8-10-38(11-9-37)60-71-72-61(93-60)39-12-14-40(15-13-39)73-22-18-43(19-23-73)91-25-5-4-24-90-3)56(84)68-50(35(2)76)62(88)74-33-42(78)30-45(74)57(85)69-51(58(86)70-52(63(75)89)47(80)17-21-65)48(81)27-36-7-16-46(79)49(28-36)92-26-6-20-64;;/h7-16,28,34-35,41-45,47-48,50-54,76-82H,4-6,17-27,29-33,64-65H2,1-3H3,(H,66,87)(H,67,83)(H,68,84)(H,69,85)(H,70,86);2*1H/t34-,35+,41+,42+,44-,45-,47+,48+,50-,51-,52-,53-,54-;;/m0../s1. The number of unbranched alkanes of at least 4 members (excludes halogenated alkanes) is 1. The summed E-state index contributed by atoms with van der Waals surface area (Å²) in [7, 11) is 1.70. The normalized spacial score (nSPS) is 25.3. The Hall–Kier alpha value is -6.91. The molecule has 4 aliphatic rings. The zero-order chi connectivity index (χ0) is 67.0. The van der Waals surface area contributed by atoms with E-state index in [0.717, 1.165) is 80.0 Å². The summed E-state index contributed by atoms with van der Waals surface area (Å²) >= 11 is 1.33. The van der Waals surface area contributed by atoms with Crippen LogP contribution in [0.4, 0.5) is 5.69 Å². The number of nitrogens with two attached hydrogens (primary N) is 2. The van der Waals surface area contributed by atoms with E-state index in [1.54, 1.807) is 19.2 Å². The molecular weight excluding hydrogens is 1300 g/mol. The summed E-state index contributed by atoms with van der Waals surface area (Å²) in [5.41, 5.74) is 14.3. The van der Waals surface area contributed by atoms with Gasteiger partial charge < -0.3 is 103 Å². The van der Waals surface area contributed by atoms with Gasteiger partial charge in [-0.3, -0.25) is 33.6 Å². The average molecular weight is 1390 g/mol. The molecule has 0 spiro atoms. The molecule has 1 aromatic heterocycles. The molecule has 29 nitrogen and oxygen atoms in total. The van der Waals surface area contributed by atoms with Crippen LogP contribution in [-0.4, -0.2) is 249 Å². The Balaban J connectivity index is 0.00000714. The molecule has 13 atom stereocenters. The summed E-state index contributed by atoms with van der Waals surface area (Å²) in [5.74, 6) is -8.58. The number of amides is 7. The number of carbonyl (C=O) groups is 7. The highest BCUT2D eigenvalue weighted by atomic mass is 35.5. The van der Waals surface area contributed by atoms with E-state index >= 15 is 0 Å². The Labute approximate surface area is 566 Å². The molecule has 7 amide bonds. The molecule has 4 fully saturated rings. The second-order valence-corrected chi connectivity index (χ2v) is 25.1. The minimum atomic E-state index is -2.04. The summed E-state index contributed by atoms with van der Waals surface area (Å²) < 4.78 is 16.9. The van der Waals surface area contributed by atoms with Gasteiger partial charge in [-0.05, 0) is 113 Å². The molecule has 8 rings (SSSR count). The van der Waals surface area contributed by atoms with Crippen LogP contribution < -0.4 is 47.7 Å². The molecule has 4 aliphatic heterocycles. The van der Waals surface area contributed by atoms with Crippen molar-refractivity contribution in [2.45, 2.75) is 151 Å². The molecule has 0 saturated carbocycles. The Morgan fingerprint density at radius 2 is 1.36 bits per heavy atom. The van der Waals surface area contributed by atoms with Crippen LogP contribution in [0.3, 0.4) is 0 Å². The van der Waals surface area contributed by atoms with E-state index in [2.05, 4.69) is 53.8 Å². The Morgan fingerprint density at radius 1 is 0.726 bits per heavy atom. The van der Waals surface area contributed by atoms with E-state index in [9.17, 15) is 69.3 Å². The highest BCUT2D eigenvalue weighted by Gasteiger charge is 2.50. The van der Waals surface area contributed by atoms with E-state index in [0.29, 0.717) is 22.0 Å². The van der Waals surface area contributed by atoms with Gasteiger partial charge in [-0.25, -0.2) is 0 Å². The molecule has 524 valence electrons. The van der Waals surface area contributed by atoms with Crippen LogP contribution >= 0.6 is 36.2 Å². The summed E-state index contributed by atoms with van der Waals surface area (Å²) in [6, 6.07) is 7.40. The van der Waals surface area contributed by atoms with Crippen molar-refractivity contribution in [2.24, 2.45) is 17.4 Å². The number of hydrogen-bond donors (Lipinski definition) is 14. The van der Waals surface area contributed by atoms with Crippen molar-refractivity contribution in [3.05, 3.63) is 77.9 Å². The van der Waals surface area contributed by atoms with Gasteiger partial charge in [0.1, 0.15) is 46.3 Å². The maximum atomic E-state index is 14.7. The van der Waals surface area contributed by atoms with Crippen LogP contribution in [0.25, 0.3) is 21.1 Å². The van der Waals surface area contributed by atoms with Crippen LogP contribution in [0.15, 0.2) is 66.7 Å². The highest BCUT2D eigenvalue weighted by molar-refractivity contribution is 7.17. The summed E-state index contributed by atoms with van der Waals surface area (Å²) in [4.78, 5) is 106. The third kappa shape index (κ3) is 20.1. The van der Waals surface area contributed by atoms with E-state index in [1.807, 2.05) is 12.1 Å². The predicted molar refractivity (Wildman–Crippen MR) is 353 cm³/mol. The molecule has 3 aromatic carbocycles. The van der Waals surface area contributed by atoms with Crippen LogP contribution in [0, 0.1) is 5.92 Å². The smallest absolute Gasteiger partial charge is 0.251 e. The van der Waals surface area contributed by atoms with Crippen molar-refractivity contribution in [2.75, 3.05) is 77.6 Å². The topological polar surface area (TPSA) is 436 Å². The molecule has 32 heteroatoms. The maximum Gasteiger partial charge on any atom is 0.251 e. The number of phenolic OH excluding ortho intramolecular Hbond substituents is 1. The summed E-state index contributed by atoms with van der Waals surface area (Å²) in [6.45, 7) is 4.59. The lowest BCUT2D eigenvalue weighted by Crippen LogP contribution is -2.64. The van der Waals surface area contributed by atoms with Crippen LogP contribution in [0.2, 0.25) is 0 Å². The minimum absolute atomic E-state index is 0. The quantitative estimate of drug-likeness (QED) is 0.0414. The second kappa shape index (κ2) is 36.4. The fraction of sp³-hybridized carbons (Fsp3) is 0.571.